The third-order valence-corrected chi connectivity index (χ3v) is 3.57. The SMILES string of the molecule is O=C(NCc1cn(Cc2ccccc2)nn1)c1cnccc1C(F)(F)F. The number of carbonyl (C=O) groups excluding carboxylic acids is 1. The Morgan fingerprint density at radius 2 is 1.92 bits per heavy atom. The smallest absolute Gasteiger partial charge is 0.346 e. The van der Waals surface area contributed by atoms with Gasteiger partial charge in [0.05, 0.1) is 30.4 Å². The summed E-state index contributed by atoms with van der Waals surface area (Å²) in [4.78, 5) is 15.7. The molecule has 134 valence electrons. The van der Waals surface area contributed by atoms with Crippen LogP contribution >= 0.6 is 0 Å². The van der Waals surface area contributed by atoms with Crippen LogP contribution in [0.4, 0.5) is 13.2 Å². The maximum Gasteiger partial charge on any atom is 0.417 e. The summed E-state index contributed by atoms with van der Waals surface area (Å²) in [6.45, 7) is 0.461. The number of rotatable bonds is 5. The van der Waals surface area contributed by atoms with Crippen LogP contribution in [0, 0.1) is 0 Å². The number of alkyl halides is 3. The Hall–Kier alpha value is -3.23. The zero-order valence-electron chi connectivity index (χ0n) is 13.4. The first-order valence-electron chi connectivity index (χ1n) is 7.66. The van der Waals surface area contributed by atoms with E-state index in [1.807, 2.05) is 30.3 Å². The second-order valence-electron chi connectivity index (χ2n) is 5.49. The van der Waals surface area contributed by atoms with Crippen LogP contribution in [0.3, 0.4) is 0 Å². The normalized spacial score (nSPS) is 11.3. The third kappa shape index (κ3) is 4.24. The van der Waals surface area contributed by atoms with E-state index in [-0.39, 0.29) is 6.54 Å². The molecule has 0 saturated carbocycles. The third-order valence-electron chi connectivity index (χ3n) is 3.57. The highest BCUT2D eigenvalue weighted by atomic mass is 19.4. The molecule has 2 heterocycles. The summed E-state index contributed by atoms with van der Waals surface area (Å²) < 4.78 is 40.4. The van der Waals surface area contributed by atoms with Crippen molar-refractivity contribution in [1.29, 1.82) is 0 Å². The van der Waals surface area contributed by atoms with Crippen molar-refractivity contribution in [1.82, 2.24) is 25.3 Å². The Morgan fingerprint density at radius 1 is 1.15 bits per heavy atom. The number of nitrogens with zero attached hydrogens (tertiary/aromatic N) is 4. The van der Waals surface area contributed by atoms with E-state index in [0.717, 1.165) is 24.0 Å². The van der Waals surface area contributed by atoms with Gasteiger partial charge in [-0.2, -0.15) is 13.2 Å². The average Bonchev–Trinajstić information content (AvgIpc) is 3.07. The first kappa shape index (κ1) is 17.6. The second kappa shape index (κ2) is 7.34. The molecule has 0 fully saturated rings. The van der Waals surface area contributed by atoms with E-state index < -0.39 is 23.2 Å². The number of aromatic nitrogens is 4. The molecule has 1 N–H and O–H groups in total. The lowest BCUT2D eigenvalue weighted by Gasteiger charge is -2.11. The van der Waals surface area contributed by atoms with Crippen molar-refractivity contribution in [3.8, 4) is 0 Å². The fraction of sp³-hybridized carbons (Fsp3) is 0.176. The fourth-order valence-corrected chi connectivity index (χ4v) is 2.36. The average molecular weight is 361 g/mol. The van der Waals surface area contributed by atoms with Crippen LogP contribution in [0.5, 0.6) is 0 Å². The van der Waals surface area contributed by atoms with E-state index in [2.05, 4.69) is 20.6 Å². The van der Waals surface area contributed by atoms with Crippen LogP contribution in [-0.4, -0.2) is 25.9 Å². The molecule has 0 aliphatic carbocycles. The summed E-state index contributed by atoms with van der Waals surface area (Å²) in [5.74, 6) is -0.872. The molecule has 0 aliphatic heterocycles. The molecule has 0 atom stereocenters. The molecule has 9 heteroatoms. The lowest BCUT2D eigenvalue weighted by Crippen LogP contribution is -2.26. The minimum atomic E-state index is -4.63. The van der Waals surface area contributed by atoms with Crippen LogP contribution in [0.15, 0.2) is 55.0 Å². The van der Waals surface area contributed by atoms with Gasteiger partial charge in [0.15, 0.2) is 0 Å². The molecule has 3 rings (SSSR count). The standard InChI is InChI=1S/C17H14F3N5O/c18-17(19,20)15-6-7-21-9-14(15)16(26)22-8-13-11-25(24-23-13)10-12-4-2-1-3-5-12/h1-7,9,11H,8,10H2,(H,22,26). The minimum Gasteiger partial charge on any atom is -0.346 e. The molecule has 1 aromatic carbocycles. The number of pyridine rings is 1. The minimum absolute atomic E-state index is 0.0419. The van der Waals surface area contributed by atoms with Gasteiger partial charge in [-0.3, -0.25) is 9.78 Å². The molecule has 0 unspecified atom stereocenters. The Balaban J connectivity index is 1.64. The maximum absolute atomic E-state index is 12.9. The van der Waals surface area contributed by atoms with Gasteiger partial charge in [-0.05, 0) is 11.6 Å². The Morgan fingerprint density at radius 3 is 2.65 bits per heavy atom. The maximum atomic E-state index is 12.9. The number of hydrogen-bond acceptors (Lipinski definition) is 4. The van der Waals surface area contributed by atoms with E-state index in [1.165, 1.54) is 0 Å². The first-order chi connectivity index (χ1) is 12.4. The summed E-state index contributed by atoms with van der Waals surface area (Å²) in [5, 5.41) is 10.3. The van der Waals surface area contributed by atoms with Crippen LogP contribution in [0.25, 0.3) is 0 Å². The molecule has 0 aliphatic rings. The molecule has 0 radical (unpaired) electrons. The Kier molecular flexibility index (Phi) is 4.97. The molecule has 0 spiro atoms. The zero-order chi connectivity index (χ0) is 18.6. The topological polar surface area (TPSA) is 72.7 Å². The van der Waals surface area contributed by atoms with Gasteiger partial charge in [-0.25, -0.2) is 4.68 Å². The van der Waals surface area contributed by atoms with E-state index in [9.17, 15) is 18.0 Å². The molecular weight excluding hydrogens is 347 g/mol. The molecule has 3 aromatic rings. The van der Waals surface area contributed by atoms with Crippen molar-refractivity contribution < 1.29 is 18.0 Å². The predicted molar refractivity (Wildman–Crippen MR) is 86.0 cm³/mol. The number of hydrogen-bond donors (Lipinski definition) is 1. The fourth-order valence-electron chi connectivity index (χ4n) is 2.36. The molecule has 2 aromatic heterocycles. The molecule has 1 amide bonds. The highest BCUT2D eigenvalue weighted by Gasteiger charge is 2.35. The number of nitrogens with one attached hydrogen (secondary N) is 1. The summed E-state index contributed by atoms with van der Waals surface area (Å²) in [7, 11) is 0. The zero-order valence-corrected chi connectivity index (χ0v) is 13.4. The van der Waals surface area contributed by atoms with Gasteiger partial charge >= 0.3 is 6.18 Å². The van der Waals surface area contributed by atoms with Gasteiger partial charge < -0.3 is 5.32 Å². The van der Waals surface area contributed by atoms with Gasteiger partial charge in [0.1, 0.15) is 5.69 Å². The van der Waals surface area contributed by atoms with Crippen LogP contribution in [0.2, 0.25) is 0 Å². The van der Waals surface area contributed by atoms with E-state index in [1.54, 1.807) is 10.9 Å². The monoisotopic (exact) mass is 361 g/mol. The van der Waals surface area contributed by atoms with Crippen molar-refractivity contribution in [2.24, 2.45) is 0 Å². The van der Waals surface area contributed by atoms with E-state index in [0.29, 0.717) is 12.2 Å². The molecule has 0 bridgehead atoms. The van der Waals surface area contributed by atoms with E-state index >= 15 is 0 Å². The van der Waals surface area contributed by atoms with Gasteiger partial charge in [0.25, 0.3) is 5.91 Å². The quantitative estimate of drug-likeness (QED) is 0.758. The highest BCUT2D eigenvalue weighted by Crippen LogP contribution is 2.31. The largest absolute Gasteiger partial charge is 0.417 e. The van der Waals surface area contributed by atoms with Gasteiger partial charge in [0, 0.05) is 12.4 Å². The number of amides is 1. The first-order valence-corrected chi connectivity index (χ1v) is 7.66. The lowest BCUT2D eigenvalue weighted by atomic mass is 10.1. The lowest BCUT2D eigenvalue weighted by molar-refractivity contribution is -0.138. The highest BCUT2D eigenvalue weighted by molar-refractivity contribution is 5.95. The van der Waals surface area contributed by atoms with Crippen molar-refractivity contribution in [3.63, 3.8) is 0 Å². The molecule has 6 nitrogen and oxygen atoms in total. The van der Waals surface area contributed by atoms with Crippen LogP contribution in [0.1, 0.15) is 27.2 Å². The summed E-state index contributed by atoms with van der Waals surface area (Å²) in [5.41, 5.74) is -0.0979. The van der Waals surface area contributed by atoms with Gasteiger partial charge in [0.2, 0.25) is 0 Å². The number of halogens is 3. The molecule has 0 saturated heterocycles. The van der Waals surface area contributed by atoms with Gasteiger partial charge in [-0.1, -0.05) is 35.5 Å². The predicted octanol–water partition coefficient (Wildman–Crippen LogP) is 2.67. The summed E-state index contributed by atoms with van der Waals surface area (Å²) in [6.07, 6.45) is -1.12. The Labute approximate surface area is 146 Å². The van der Waals surface area contributed by atoms with Crippen molar-refractivity contribution in [2.75, 3.05) is 0 Å². The van der Waals surface area contributed by atoms with Crippen molar-refractivity contribution in [3.05, 3.63) is 77.4 Å². The van der Waals surface area contributed by atoms with Crippen molar-refractivity contribution in [2.45, 2.75) is 19.3 Å². The van der Waals surface area contributed by atoms with Crippen molar-refractivity contribution >= 4 is 5.91 Å². The van der Waals surface area contributed by atoms with E-state index in [4.69, 9.17) is 0 Å². The molecule has 26 heavy (non-hydrogen) atoms. The number of carbonyl (C=O) groups is 1. The second-order valence-corrected chi connectivity index (χ2v) is 5.49. The van der Waals surface area contributed by atoms with Crippen LogP contribution < -0.4 is 5.32 Å². The summed E-state index contributed by atoms with van der Waals surface area (Å²) in [6, 6.07) is 10.3. The summed E-state index contributed by atoms with van der Waals surface area (Å²) >= 11 is 0. The van der Waals surface area contributed by atoms with Crippen LogP contribution in [-0.2, 0) is 19.3 Å². The number of benzene rings is 1. The Bertz CT molecular complexity index is 893. The molecular formula is C17H14F3N5O. The van der Waals surface area contributed by atoms with Gasteiger partial charge in [-0.15, -0.1) is 5.10 Å².